The van der Waals surface area contributed by atoms with Crippen LogP contribution >= 0.6 is 0 Å². The molecule has 0 aromatic heterocycles. The van der Waals surface area contributed by atoms with E-state index in [9.17, 15) is 0 Å². The van der Waals surface area contributed by atoms with Gasteiger partial charge in [-0.05, 0) is 6.42 Å². The Morgan fingerprint density at radius 2 is 1.48 bits per heavy atom. The van der Waals surface area contributed by atoms with Crippen LogP contribution in [-0.4, -0.2) is 65.1 Å². The largest absolute Gasteiger partial charge is 0.379 e. The van der Waals surface area contributed by atoms with Gasteiger partial charge in [0.1, 0.15) is 0 Å². The third-order valence-electron chi connectivity index (χ3n) is 4.84. The van der Waals surface area contributed by atoms with Crippen molar-refractivity contribution in [3.63, 3.8) is 0 Å². The summed E-state index contributed by atoms with van der Waals surface area (Å²) in [6.45, 7) is 6.74. The van der Waals surface area contributed by atoms with Crippen molar-refractivity contribution >= 4 is 0 Å². The van der Waals surface area contributed by atoms with Gasteiger partial charge in [0.15, 0.2) is 0 Å². The van der Waals surface area contributed by atoms with Crippen molar-refractivity contribution in [3.05, 3.63) is 0 Å². The first-order valence-corrected chi connectivity index (χ1v) is 9.18. The second-order valence-electron chi connectivity index (χ2n) is 6.38. The van der Waals surface area contributed by atoms with Gasteiger partial charge in [0.05, 0.1) is 19.1 Å². The summed E-state index contributed by atoms with van der Waals surface area (Å²) in [6, 6.07) is 0. The number of ether oxygens (including phenoxy) is 4. The number of hydrogen-bond donors (Lipinski definition) is 0. The van der Waals surface area contributed by atoms with E-state index in [2.05, 4.69) is 11.8 Å². The van der Waals surface area contributed by atoms with Gasteiger partial charge < -0.3 is 18.9 Å². The van der Waals surface area contributed by atoms with Crippen LogP contribution in [0.15, 0.2) is 0 Å². The van der Waals surface area contributed by atoms with Crippen molar-refractivity contribution in [2.75, 3.05) is 54.2 Å². The molecule has 0 radical (unpaired) electrons. The quantitative estimate of drug-likeness (QED) is 0.383. The Kier molecular flexibility index (Phi) is 11.1. The van der Waals surface area contributed by atoms with Crippen LogP contribution in [0.3, 0.4) is 0 Å². The molecule has 0 amide bonds. The molecule has 5 heteroatoms. The molecule has 23 heavy (non-hydrogen) atoms. The van der Waals surface area contributed by atoms with Crippen LogP contribution in [0.1, 0.15) is 51.9 Å². The maximum absolute atomic E-state index is 5.63. The predicted molar refractivity (Wildman–Crippen MR) is 92.5 cm³/mol. The van der Waals surface area contributed by atoms with E-state index in [1.165, 1.54) is 38.5 Å². The lowest BCUT2D eigenvalue weighted by Crippen LogP contribution is -2.50. The number of nitrogens with zero attached hydrogens (tertiary/aromatic N) is 1. The highest BCUT2D eigenvalue weighted by molar-refractivity contribution is 4.76. The lowest BCUT2D eigenvalue weighted by atomic mass is 9.96. The van der Waals surface area contributed by atoms with Gasteiger partial charge in [0, 0.05) is 41.0 Å². The average molecular weight is 331 g/mol. The summed E-state index contributed by atoms with van der Waals surface area (Å²) in [5.74, 6) is -0.742. The SMILES string of the molecule is CCCCCCCCC(CN1CCOCC1)C(OC)(OC)OC. The number of methoxy groups -OCH3 is 3. The zero-order chi connectivity index (χ0) is 17.0. The van der Waals surface area contributed by atoms with Crippen LogP contribution < -0.4 is 0 Å². The van der Waals surface area contributed by atoms with E-state index in [1.807, 2.05) is 0 Å². The molecule has 0 aromatic rings. The third kappa shape index (κ3) is 7.06. The second-order valence-corrected chi connectivity index (χ2v) is 6.38. The van der Waals surface area contributed by atoms with Gasteiger partial charge in [-0.25, -0.2) is 0 Å². The number of unbranched alkanes of at least 4 members (excludes halogenated alkanes) is 5. The Labute approximate surface area is 142 Å². The predicted octanol–water partition coefficient (Wildman–Crippen LogP) is 3.28. The molecule has 0 bridgehead atoms. The van der Waals surface area contributed by atoms with Crippen molar-refractivity contribution in [1.29, 1.82) is 0 Å². The molecule has 1 aliphatic rings. The summed E-state index contributed by atoms with van der Waals surface area (Å²) < 4.78 is 22.3. The lowest BCUT2D eigenvalue weighted by Gasteiger charge is -2.39. The molecule has 1 heterocycles. The van der Waals surface area contributed by atoms with Gasteiger partial charge in [-0.3, -0.25) is 4.90 Å². The van der Waals surface area contributed by atoms with E-state index in [0.29, 0.717) is 0 Å². The highest BCUT2D eigenvalue weighted by Crippen LogP contribution is 2.29. The Morgan fingerprint density at radius 1 is 0.913 bits per heavy atom. The third-order valence-corrected chi connectivity index (χ3v) is 4.84. The minimum Gasteiger partial charge on any atom is -0.379 e. The summed E-state index contributed by atoms with van der Waals surface area (Å²) in [6.07, 6.45) is 8.81. The Hall–Kier alpha value is -0.200. The molecule has 1 atom stereocenters. The van der Waals surface area contributed by atoms with Gasteiger partial charge >= 0.3 is 0 Å². The van der Waals surface area contributed by atoms with Crippen LogP contribution in [0.2, 0.25) is 0 Å². The smallest absolute Gasteiger partial charge is 0.286 e. The molecule has 5 nitrogen and oxygen atoms in total. The standard InChI is InChI=1S/C18H37NO4/c1-5-6-7-8-9-10-11-17(18(20-2,21-3)22-4)16-19-12-14-23-15-13-19/h17H,5-16H2,1-4H3. The number of rotatable bonds is 13. The van der Waals surface area contributed by atoms with Crippen LogP contribution in [0.25, 0.3) is 0 Å². The van der Waals surface area contributed by atoms with E-state index in [4.69, 9.17) is 18.9 Å². The van der Waals surface area contributed by atoms with Crippen molar-refractivity contribution in [2.45, 2.75) is 57.8 Å². The molecule has 1 fully saturated rings. The fourth-order valence-electron chi connectivity index (χ4n) is 3.40. The zero-order valence-corrected chi connectivity index (χ0v) is 15.6. The molecule has 0 N–H and O–H groups in total. The molecule has 0 saturated carbocycles. The van der Waals surface area contributed by atoms with Gasteiger partial charge in [0.25, 0.3) is 5.97 Å². The fourth-order valence-corrected chi connectivity index (χ4v) is 3.40. The first-order chi connectivity index (χ1) is 11.2. The van der Waals surface area contributed by atoms with Crippen LogP contribution in [0.4, 0.5) is 0 Å². The van der Waals surface area contributed by atoms with Crippen LogP contribution in [-0.2, 0) is 18.9 Å². The second kappa shape index (κ2) is 12.2. The van der Waals surface area contributed by atoms with Gasteiger partial charge in [-0.2, -0.15) is 0 Å². The summed E-state index contributed by atoms with van der Waals surface area (Å²) >= 11 is 0. The number of hydrogen-bond acceptors (Lipinski definition) is 5. The first-order valence-electron chi connectivity index (χ1n) is 9.18. The first kappa shape index (κ1) is 20.8. The summed E-state index contributed by atoms with van der Waals surface area (Å²) in [4.78, 5) is 2.43. The van der Waals surface area contributed by atoms with E-state index in [0.717, 1.165) is 39.3 Å². The topological polar surface area (TPSA) is 40.2 Å². The van der Waals surface area contributed by atoms with Gasteiger partial charge in [0.2, 0.25) is 0 Å². The van der Waals surface area contributed by atoms with E-state index in [-0.39, 0.29) is 5.92 Å². The maximum Gasteiger partial charge on any atom is 0.286 e. The van der Waals surface area contributed by atoms with Crippen LogP contribution in [0.5, 0.6) is 0 Å². The molecule has 1 saturated heterocycles. The molecule has 138 valence electrons. The molecule has 0 aromatic carbocycles. The molecular formula is C18H37NO4. The van der Waals surface area contributed by atoms with Crippen molar-refractivity contribution in [3.8, 4) is 0 Å². The van der Waals surface area contributed by atoms with Crippen LogP contribution in [0, 0.1) is 5.92 Å². The monoisotopic (exact) mass is 331 g/mol. The van der Waals surface area contributed by atoms with Gasteiger partial charge in [-0.1, -0.05) is 45.4 Å². The highest BCUT2D eigenvalue weighted by atomic mass is 16.9. The summed E-state index contributed by atoms with van der Waals surface area (Å²) in [7, 11) is 5.00. The fraction of sp³-hybridized carbons (Fsp3) is 1.00. The van der Waals surface area contributed by atoms with Crippen molar-refractivity contribution in [2.24, 2.45) is 5.92 Å². The maximum atomic E-state index is 5.63. The minimum atomic E-state index is -0.943. The molecule has 1 unspecified atom stereocenters. The van der Waals surface area contributed by atoms with Gasteiger partial charge in [-0.15, -0.1) is 0 Å². The van der Waals surface area contributed by atoms with E-state index >= 15 is 0 Å². The lowest BCUT2D eigenvalue weighted by molar-refractivity contribution is -0.381. The molecule has 1 aliphatic heterocycles. The Balaban J connectivity index is 2.52. The molecule has 0 aliphatic carbocycles. The van der Waals surface area contributed by atoms with Crippen molar-refractivity contribution < 1.29 is 18.9 Å². The molecule has 0 spiro atoms. The molecular weight excluding hydrogens is 294 g/mol. The summed E-state index contributed by atoms with van der Waals surface area (Å²) in [5.41, 5.74) is 0. The van der Waals surface area contributed by atoms with Crippen molar-refractivity contribution in [1.82, 2.24) is 4.90 Å². The minimum absolute atomic E-state index is 0.201. The number of morpholine rings is 1. The van der Waals surface area contributed by atoms with E-state index < -0.39 is 5.97 Å². The Bertz CT molecular complexity index is 270. The normalized spacial score (nSPS) is 18.3. The molecule has 1 rings (SSSR count). The zero-order valence-electron chi connectivity index (χ0n) is 15.6. The average Bonchev–Trinajstić information content (AvgIpc) is 2.60. The highest BCUT2D eigenvalue weighted by Gasteiger charge is 2.40. The van der Waals surface area contributed by atoms with E-state index in [1.54, 1.807) is 21.3 Å². The Morgan fingerprint density at radius 3 is 2.04 bits per heavy atom. The summed E-state index contributed by atoms with van der Waals surface area (Å²) in [5, 5.41) is 0.